The van der Waals surface area contributed by atoms with Crippen LogP contribution in [-0.4, -0.2) is 63.0 Å². The van der Waals surface area contributed by atoms with Crippen molar-refractivity contribution >= 4 is 23.2 Å². The molecule has 0 bridgehead atoms. The molecule has 4 rings (SSSR count). The molecule has 0 spiro atoms. The fourth-order valence-electron chi connectivity index (χ4n) is 4.39. The number of aromatic amines is 1. The molecule has 0 unspecified atom stereocenters. The van der Waals surface area contributed by atoms with Crippen LogP contribution in [0.3, 0.4) is 0 Å². The van der Waals surface area contributed by atoms with E-state index in [1.165, 1.54) is 11.3 Å². The average molecular weight is 388 g/mol. The zero-order valence-electron chi connectivity index (χ0n) is 15.9. The van der Waals surface area contributed by atoms with Crippen molar-refractivity contribution in [2.75, 3.05) is 26.2 Å². The van der Waals surface area contributed by atoms with Crippen molar-refractivity contribution in [2.45, 2.75) is 32.6 Å². The van der Waals surface area contributed by atoms with Crippen LogP contribution in [0.1, 0.15) is 41.6 Å². The summed E-state index contributed by atoms with van der Waals surface area (Å²) >= 11 is 1.47. The highest BCUT2D eigenvalue weighted by Gasteiger charge is 2.54. The lowest BCUT2D eigenvalue weighted by Gasteiger charge is -2.41. The van der Waals surface area contributed by atoms with Crippen LogP contribution in [0, 0.1) is 18.8 Å². The summed E-state index contributed by atoms with van der Waals surface area (Å²) < 4.78 is 0. The third-order valence-electron chi connectivity index (χ3n) is 5.83. The van der Waals surface area contributed by atoms with Crippen LogP contribution >= 0.6 is 11.3 Å². The summed E-state index contributed by atoms with van der Waals surface area (Å²) in [4.78, 5) is 34.8. The molecule has 144 valence electrons. The third-order valence-corrected chi connectivity index (χ3v) is 6.69. The summed E-state index contributed by atoms with van der Waals surface area (Å²) in [5, 5.41) is 9.34. The van der Waals surface area contributed by atoms with Gasteiger partial charge in [-0.05, 0) is 24.8 Å². The maximum absolute atomic E-state index is 12.8. The Balaban J connectivity index is 1.63. The number of thiophene rings is 1. The SMILES string of the molecule is Cc1nc([C@@]23CCN(C(=O)c4cccs4)C[C@@H]2CN(C(=O)C(C)C)C3)n[nH]1. The summed E-state index contributed by atoms with van der Waals surface area (Å²) in [6, 6.07) is 3.78. The fourth-order valence-corrected chi connectivity index (χ4v) is 5.08. The lowest BCUT2D eigenvalue weighted by Crippen LogP contribution is -2.51. The molecular weight excluding hydrogens is 362 g/mol. The average Bonchev–Trinajstić information content (AvgIpc) is 3.38. The summed E-state index contributed by atoms with van der Waals surface area (Å²) in [6.45, 7) is 8.33. The maximum Gasteiger partial charge on any atom is 0.263 e. The highest BCUT2D eigenvalue weighted by atomic mass is 32.1. The molecule has 7 nitrogen and oxygen atoms in total. The normalized spacial score (nSPS) is 25.1. The van der Waals surface area contributed by atoms with E-state index in [-0.39, 0.29) is 29.1 Å². The van der Waals surface area contributed by atoms with Gasteiger partial charge in [0, 0.05) is 38.0 Å². The van der Waals surface area contributed by atoms with E-state index >= 15 is 0 Å². The molecule has 2 saturated heterocycles. The molecule has 0 saturated carbocycles. The van der Waals surface area contributed by atoms with Crippen molar-refractivity contribution in [2.24, 2.45) is 11.8 Å². The number of aromatic nitrogens is 3. The number of likely N-dealkylation sites (tertiary alicyclic amines) is 2. The molecule has 2 atom stereocenters. The first-order valence-electron chi connectivity index (χ1n) is 9.42. The van der Waals surface area contributed by atoms with E-state index in [0.717, 1.165) is 22.9 Å². The van der Waals surface area contributed by atoms with Gasteiger partial charge in [0.05, 0.1) is 10.3 Å². The first-order chi connectivity index (χ1) is 12.9. The summed E-state index contributed by atoms with van der Waals surface area (Å²) in [5.41, 5.74) is -0.276. The number of carbonyl (C=O) groups is 2. The third kappa shape index (κ3) is 3.05. The Hall–Kier alpha value is -2.22. The Labute approximate surface area is 162 Å². The van der Waals surface area contributed by atoms with Crippen molar-refractivity contribution in [1.82, 2.24) is 25.0 Å². The Morgan fingerprint density at radius 1 is 1.33 bits per heavy atom. The number of carbonyl (C=O) groups excluding carboxylic acids is 2. The van der Waals surface area contributed by atoms with Crippen LogP contribution < -0.4 is 0 Å². The van der Waals surface area contributed by atoms with Crippen molar-refractivity contribution in [3.8, 4) is 0 Å². The predicted molar refractivity (Wildman–Crippen MR) is 103 cm³/mol. The zero-order chi connectivity index (χ0) is 19.2. The molecule has 0 aromatic carbocycles. The lowest BCUT2D eigenvalue weighted by molar-refractivity contribution is -0.133. The van der Waals surface area contributed by atoms with E-state index in [2.05, 4.69) is 15.2 Å². The van der Waals surface area contributed by atoms with Crippen LogP contribution in [-0.2, 0) is 10.2 Å². The minimum absolute atomic E-state index is 0.0417. The number of hydrogen-bond acceptors (Lipinski definition) is 5. The van der Waals surface area contributed by atoms with Crippen molar-refractivity contribution in [3.05, 3.63) is 34.0 Å². The number of H-pyrrole nitrogens is 1. The second-order valence-corrected chi connectivity index (χ2v) is 8.90. The van der Waals surface area contributed by atoms with Gasteiger partial charge in [-0.3, -0.25) is 14.7 Å². The van der Waals surface area contributed by atoms with Crippen LogP contribution in [0.15, 0.2) is 17.5 Å². The van der Waals surface area contributed by atoms with E-state index in [1.807, 2.05) is 48.1 Å². The number of hydrogen-bond donors (Lipinski definition) is 1. The summed E-state index contributed by atoms with van der Waals surface area (Å²) in [5.74, 6) is 1.91. The van der Waals surface area contributed by atoms with E-state index in [4.69, 9.17) is 0 Å². The summed E-state index contributed by atoms with van der Waals surface area (Å²) in [7, 11) is 0. The van der Waals surface area contributed by atoms with E-state index in [9.17, 15) is 9.59 Å². The molecule has 2 aromatic heterocycles. The van der Waals surface area contributed by atoms with Gasteiger partial charge >= 0.3 is 0 Å². The van der Waals surface area contributed by atoms with Crippen LogP contribution in [0.5, 0.6) is 0 Å². The van der Waals surface area contributed by atoms with Crippen molar-refractivity contribution in [3.63, 3.8) is 0 Å². The van der Waals surface area contributed by atoms with Gasteiger partial charge in [0.15, 0.2) is 5.82 Å². The molecule has 2 aliphatic heterocycles. The van der Waals surface area contributed by atoms with Gasteiger partial charge in [0.1, 0.15) is 5.82 Å². The van der Waals surface area contributed by atoms with Gasteiger partial charge in [-0.2, -0.15) is 5.10 Å². The summed E-state index contributed by atoms with van der Waals surface area (Å²) in [6.07, 6.45) is 0.772. The number of aryl methyl sites for hydroxylation is 1. The Morgan fingerprint density at radius 3 is 2.74 bits per heavy atom. The first-order valence-corrected chi connectivity index (χ1v) is 10.3. The maximum atomic E-state index is 12.8. The largest absolute Gasteiger partial charge is 0.341 e. The molecule has 1 N–H and O–H groups in total. The van der Waals surface area contributed by atoms with Gasteiger partial charge < -0.3 is 9.80 Å². The standard InChI is InChI=1S/C19H25N5O2S/c1-12(2)16(25)24-10-14-9-23(17(26)15-5-4-8-27-15)7-6-19(14,11-24)18-20-13(3)21-22-18/h4-5,8,12,14H,6-7,9-11H2,1-3H3,(H,20,21,22)/t14-,19-/m1/s1. The van der Waals surface area contributed by atoms with E-state index in [0.29, 0.717) is 26.2 Å². The van der Waals surface area contributed by atoms with Gasteiger partial charge in [-0.1, -0.05) is 19.9 Å². The van der Waals surface area contributed by atoms with Gasteiger partial charge in [0.2, 0.25) is 5.91 Å². The molecule has 2 fully saturated rings. The predicted octanol–water partition coefficient (Wildman–Crippen LogP) is 2.07. The van der Waals surface area contributed by atoms with Crippen molar-refractivity contribution < 1.29 is 9.59 Å². The van der Waals surface area contributed by atoms with Crippen molar-refractivity contribution in [1.29, 1.82) is 0 Å². The molecule has 2 amide bonds. The van der Waals surface area contributed by atoms with Crippen LogP contribution in [0.25, 0.3) is 0 Å². The monoisotopic (exact) mass is 387 g/mol. The number of rotatable bonds is 3. The fraction of sp³-hybridized carbons (Fsp3) is 0.579. The van der Waals surface area contributed by atoms with Crippen LogP contribution in [0.2, 0.25) is 0 Å². The molecule has 0 radical (unpaired) electrons. The number of nitrogens with zero attached hydrogens (tertiary/aromatic N) is 4. The molecule has 0 aliphatic carbocycles. The number of piperidine rings is 1. The lowest BCUT2D eigenvalue weighted by atomic mass is 9.72. The minimum Gasteiger partial charge on any atom is -0.341 e. The highest BCUT2D eigenvalue weighted by Crippen LogP contribution is 2.44. The Morgan fingerprint density at radius 2 is 2.11 bits per heavy atom. The van der Waals surface area contributed by atoms with Crippen LogP contribution in [0.4, 0.5) is 0 Å². The first kappa shape index (κ1) is 18.2. The molecule has 27 heavy (non-hydrogen) atoms. The number of fused-ring (bicyclic) bond motifs is 1. The second-order valence-electron chi connectivity index (χ2n) is 7.95. The Kier molecular flexibility index (Phi) is 4.53. The molecule has 4 heterocycles. The molecule has 8 heteroatoms. The topological polar surface area (TPSA) is 82.2 Å². The smallest absolute Gasteiger partial charge is 0.263 e. The minimum atomic E-state index is -0.276. The van der Waals surface area contributed by atoms with Gasteiger partial charge in [-0.25, -0.2) is 4.98 Å². The number of nitrogens with one attached hydrogen (secondary N) is 1. The molecule has 2 aromatic rings. The molecular formula is C19H25N5O2S. The van der Waals surface area contributed by atoms with Gasteiger partial charge in [-0.15, -0.1) is 11.3 Å². The van der Waals surface area contributed by atoms with E-state index < -0.39 is 0 Å². The second kappa shape index (κ2) is 6.74. The zero-order valence-corrected chi connectivity index (χ0v) is 16.8. The van der Waals surface area contributed by atoms with Gasteiger partial charge in [0.25, 0.3) is 5.91 Å². The highest BCUT2D eigenvalue weighted by molar-refractivity contribution is 7.12. The molecule has 2 aliphatic rings. The Bertz CT molecular complexity index is 846. The quantitative estimate of drug-likeness (QED) is 0.874. The van der Waals surface area contributed by atoms with E-state index in [1.54, 1.807) is 0 Å². The number of amides is 2.